The standard InChI is InChI=1S/C21H17N3O2/c1-26-19-10-6-5-9-17(19)23-21(25)18-14-24-13-16(11-12-20(24)22-18)15-7-3-2-4-8-15/h2-14H,1H3,(H,23,25). The van der Waals surface area contributed by atoms with E-state index in [1.807, 2.05) is 65.2 Å². The van der Waals surface area contributed by atoms with E-state index in [9.17, 15) is 4.79 Å². The number of pyridine rings is 1. The van der Waals surface area contributed by atoms with Crippen molar-refractivity contribution in [1.82, 2.24) is 9.38 Å². The van der Waals surface area contributed by atoms with Crippen LogP contribution in [0.2, 0.25) is 0 Å². The third kappa shape index (κ3) is 3.02. The summed E-state index contributed by atoms with van der Waals surface area (Å²) in [6.07, 6.45) is 3.70. The first kappa shape index (κ1) is 15.9. The summed E-state index contributed by atoms with van der Waals surface area (Å²) in [6, 6.07) is 21.3. The van der Waals surface area contributed by atoms with E-state index >= 15 is 0 Å². The highest BCUT2D eigenvalue weighted by Gasteiger charge is 2.13. The molecule has 5 nitrogen and oxygen atoms in total. The normalized spacial score (nSPS) is 10.7. The van der Waals surface area contributed by atoms with Gasteiger partial charge in [0.25, 0.3) is 5.91 Å². The molecular weight excluding hydrogens is 326 g/mol. The molecule has 0 fully saturated rings. The molecule has 2 aromatic heterocycles. The van der Waals surface area contributed by atoms with E-state index in [4.69, 9.17) is 4.74 Å². The van der Waals surface area contributed by atoms with Crippen LogP contribution in [-0.2, 0) is 0 Å². The second kappa shape index (κ2) is 6.72. The van der Waals surface area contributed by atoms with E-state index in [0.29, 0.717) is 17.1 Å². The van der Waals surface area contributed by atoms with Crippen molar-refractivity contribution in [2.45, 2.75) is 0 Å². The van der Waals surface area contributed by atoms with Crippen LogP contribution in [0.5, 0.6) is 5.75 Å². The Kier molecular flexibility index (Phi) is 4.11. The number of rotatable bonds is 4. The van der Waals surface area contributed by atoms with Crippen molar-refractivity contribution < 1.29 is 9.53 Å². The van der Waals surface area contributed by atoms with Crippen LogP contribution in [0, 0.1) is 0 Å². The number of aromatic nitrogens is 2. The molecule has 0 bridgehead atoms. The van der Waals surface area contributed by atoms with Crippen LogP contribution in [0.25, 0.3) is 16.8 Å². The number of ether oxygens (including phenoxy) is 1. The third-order valence-corrected chi connectivity index (χ3v) is 4.15. The van der Waals surface area contributed by atoms with Gasteiger partial charge in [0.15, 0.2) is 0 Å². The molecule has 1 amide bonds. The largest absolute Gasteiger partial charge is 0.495 e. The Bertz CT molecular complexity index is 1070. The molecule has 2 aromatic carbocycles. The van der Waals surface area contributed by atoms with Gasteiger partial charge in [-0.3, -0.25) is 4.79 Å². The van der Waals surface area contributed by atoms with Crippen molar-refractivity contribution in [1.29, 1.82) is 0 Å². The number of amides is 1. The van der Waals surface area contributed by atoms with Gasteiger partial charge in [-0.05, 0) is 35.4 Å². The molecule has 0 spiro atoms. The first-order chi connectivity index (χ1) is 12.7. The summed E-state index contributed by atoms with van der Waals surface area (Å²) in [7, 11) is 1.57. The monoisotopic (exact) mass is 343 g/mol. The average molecular weight is 343 g/mol. The summed E-state index contributed by atoms with van der Waals surface area (Å²) in [6.45, 7) is 0. The number of para-hydroxylation sites is 2. The van der Waals surface area contributed by atoms with E-state index in [2.05, 4.69) is 10.3 Å². The molecule has 0 saturated heterocycles. The molecule has 2 heterocycles. The van der Waals surface area contributed by atoms with Crippen LogP contribution in [0.4, 0.5) is 5.69 Å². The van der Waals surface area contributed by atoms with Crippen molar-refractivity contribution in [2.24, 2.45) is 0 Å². The number of carbonyl (C=O) groups excluding carboxylic acids is 1. The van der Waals surface area contributed by atoms with Crippen molar-refractivity contribution in [3.05, 3.63) is 84.8 Å². The topological polar surface area (TPSA) is 55.6 Å². The lowest BCUT2D eigenvalue weighted by atomic mass is 10.1. The molecule has 128 valence electrons. The van der Waals surface area contributed by atoms with Crippen LogP contribution in [0.1, 0.15) is 10.5 Å². The van der Waals surface area contributed by atoms with Gasteiger partial charge >= 0.3 is 0 Å². The van der Waals surface area contributed by atoms with Gasteiger partial charge in [0.1, 0.15) is 17.1 Å². The Morgan fingerprint density at radius 3 is 2.50 bits per heavy atom. The van der Waals surface area contributed by atoms with Crippen LogP contribution in [0.3, 0.4) is 0 Å². The van der Waals surface area contributed by atoms with Gasteiger partial charge in [-0.1, -0.05) is 42.5 Å². The number of nitrogens with zero attached hydrogens (tertiary/aromatic N) is 2. The highest BCUT2D eigenvalue weighted by atomic mass is 16.5. The van der Waals surface area contributed by atoms with Crippen molar-refractivity contribution in [3.8, 4) is 16.9 Å². The van der Waals surface area contributed by atoms with E-state index in [0.717, 1.165) is 16.8 Å². The van der Waals surface area contributed by atoms with Gasteiger partial charge in [-0.2, -0.15) is 0 Å². The summed E-state index contributed by atoms with van der Waals surface area (Å²) in [5.41, 5.74) is 3.85. The molecule has 1 N–H and O–H groups in total. The van der Waals surface area contributed by atoms with Gasteiger partial charge < -0.3 is 14.5 Å². The molecule has 26 heavy (non-hydrogen) atoms. The minimum atomic E-state index is -0.278. The summed E-state index contributed by atoms with van der Waals surface area (Å²) < 4.78 is 7.13. The fourth-order valence-corrected chi connectivity index (χ4v) is 2.84. The molecule has 0 radical (unpaired) electrons. The van der Waals surface area contributed by atoms with E-state index in [1.165, 1.54) is 0 Å². The van der Waals surface area contributed by atoms with Crippen molar-refractivity contribution in [3.63, 3.8) is 0 Å². The van der Waals surface area contributed by atoms with E-state index in [-0.39, 0.29) is 5.91 Å². The highest BCUT2D eigenvalue weighted by molar-refractivity contribution is 6.04. The van der Waals surface area contributed by atoms with Crippen LogP contribution in [0.15, 0.2) is 79.1 Å². The third-order valence-electron chi connectivity index (χ3n) is 4.15. The average Bonchev–Trinajstić information content (AvgIpc) is 3.12. The molecule has 0 atom stereocenters. The number of hydrogen-bond donors (Lipinski definition) is 1. The molecule has 4 aromatic rings. The van der Waals surface area contributed by atoms with E-state index < -0.39 is 0 Å². The summed E-state index contributed by atoms with van der Waals surface area (Å²) >= 11 is 0. The second-order valence-corrected chi connectivity index (χ2v) is 5.83. The number of hydrogen-bond acceptors (Lipinski definition) is 3. The predicted molar refractivity (Wildman–Crippen MR) is 102 cm³/mol. The maximum absolute atomic E-state index is 12.6. The first-order valence-electron chi connectivity index (χ1n) is 8.23. The van der Waals surface area contributed by atoms with Crippen molar-refractivity contribution >= 4 is 17.2 Å². The Hall–Kier alpha value is -3.60. The number of carbonyl (C=O) groups is 1. The lowest BCUT2D eigenvalue weighted by Gasteiger charge is -2.08. The smallest absolute Gasteiger partial charge is 0.275 e. The number of fused-ring (bicyclic) bond motifs is 1. The predicted octanol–water partition coefficient (Wildman–Crippen LogP) is 4.26. The Morgan fingerprint density at radius 2 is 1.69 bits per heavy atom. The fraction of sp³-hybridized carbons (Fsp3) is 0.0476. The molecular formula is C21H17N3O2. The molecule has 0 aliphatic carbocycles. The minimum absolute atomic E-state index is 0.278. The molecule has 0 aliphatic rings. The number of nitrogens with one attached hydrogen (secondary N) is 1. The van der Waals surface area contributed by atoms with Crippen LogP contribution < -0.4 is 10.1 Å². The number of anilines is 1. The lowest BCUT2D eigenvalue weighted by molar-refractivity contribution is 0.102. The zero-order chi connectivity index (χ0) is 17.9. The maximum atomic E-state index is 12.6. The van der Waals surface area contributed by atoms with Gasteiger partial charge in [0.2, 0.25) is 0 Å². The van der Waals surface area contributed by atoms with Crippen LogP contribution in [-0.4, -0.2) is 22.4 Å². The molecule has 0 unspecified atom stereocenters. The molecule has 0 aliphatic heterocycles. The second-order valence-electron chi connectivity index (χ2n) is 5.83. The minimum Gasteiger partial charge on any atom is -0.495 e. The molecule has 4 rings (SSSR count). The molecule has 0 saturated carbocycles. The maximum Gasteiger partial charge on any atom is 0.275 e. The quantitative estimate of drug-likeness (QED) is 0.602. The number of benzene rings is 2. The van der Waals surface area contributed by atoms with Gasteiger partial charge in [-0.25, -0.2) is 4.98 Å². The van der Waals surface area contributed by atoms with Gasteiger partial charge in [-0.15, -0.1) is 0 Å². The van der Waals surface area contributed by atoms with E-state index in [1.54, 1.807) is 25.4 Å². The highest BCUT2D eigenvalue weighted by Crippen LogP contribution is 2.24. The zero-order valence-corrected chi connectivity index (χ0v) is 14.2. The summed E-state index contributed by atoms with van der Waals surface area (Å²) in [4.78, 5) is 17.0. The number of methoxy groups -OCH3 is 1. The number of imidazole rings is 1. The Morgan fingerprint density at radius 1 is 0.923 bits per heavy atom. The lowest BCUT2D eigenvalue weighted by Crippen LogP contribution is -2.12. The van der Waals surface area contributed by atoms with Gasteiger partial charge in [0, 0.05) is 12.4 Å². The summed E-state index contributed by atoms with van der Waals surface area (Å²) in [5.74, 6) is 0.329. The fourth-order valence-electron chi connectivity index (χ4n) is 2.84. The van der Waals surface area contributed by atoms with Crippen LogP contribution >= 0.6 is 0 Å². The first-order valence-corrected chi connectivity index (χ1v) is 8.23. The summed E-state index contributed by atoms with van der Waals surface area (Å²) in [5, 5.41) is 2.85. The Balaban J connectivity index is 1.64. The molecule has 5 heteroatoms. The zero-order valence-electron chi connectivity index (χ0n) is 14.2. The van der Waals surface area contributed by atoms with Gasteiger partial charge in [0.05, 0.1) is 12.8 Å². The SMILES string of the molecule is COc1ccccc1NC(=O)c1cn2cc(-c3ccccc3)ccc2n1. The Labute approximate surface area is 150 Å². The van der Waals surface area contributed by atoms with Crippen molar-refractivity contribution in [2.75, 3.05) is 12.4 Å².